The first-order chi connectivity index (χ1) is 11.8. The van der Waals surface area contributed by atoms with Gasteiger partial charge in [0.05, 0.1) is 17.6 Å². The molecule has 2 aromatic carbocycles. The number of carbonyl (C=O) groups excluding carboxylic acids is 1. The lowest BCUT2D eigenvalue weighted by atomic mass is 10.3. The zero-order valence-corrected chi connectivity index (χ0v) is 12.8. The topological polar surface area (TPSA) is 67.0 Å². The Morgan fingerprint density at radius 2 is 1.58 bits per heavy atom. The van der Waals surface area contributed by atoms with Crippen molar-refractivity contribution in [2.45, 2.75) is 0 Å². The van der Waals surface area contributed by atoms with E-state index in [-0.39, 0.29) is 5.78 Å². The number of nitrogens with zero attached hydrogens (tertiary/aromatic N) is 2. The van der Waals surface area contributed by atoms with Crippen LogP contribution in [0.1, 0.15) is 10.6 Å². The van der Waals surface area contributed by atoms with Crippen LogP contribution in [-0.2, 0) is 0 Å². The van der Waals surface area contributed by atoms with Crippen LogP contribution in [0.3, 0.4) is 0 Å². The molecule has 0 fully saturated rings. The number of carbonyl (C=O) groups is 1. The molecule has 5 heteroatoms. The summed E-state index contributed by atoms with van der Waals surface area (Å²) in [5.74, 6) is 0.116. The zero-order valence-electron chi connectivity index (χ0n) is 12.8. The van der Waals surface area contributed by atoms with Crippen molar-refractivity contribution in [3.8, 4) is 0 Å². The molecular formula is C19H15N3O2. The Bertz CT molecular complexity index is 836. The van der Waals surface area contributed by atoms with Crippen molar-refractivity contribution in [1.82, 2.24) is 0 Å². The summed E-state index contributed by atoms with van der Waals surface area (Å²) >= 11 is 0. The van der Waals surface area contributed by atoms with Gasteiger partial charge >= 0.3 is 0 Å². The van der Waals surface area contributed by atoms with E-state index in [1.165, 1.54) is 12.3 Å². The van der Waals surface area contributed by atoms with E-state index in [1.54, 1.807) is 18.3 Å². The molecule has 0 aliphatic rings. The van der Waals surface area contributed by atoms with E-state index in [4.69, 9.17) is 4.42 Å². The molecule has 1 N–H and O–H groups in total. The Morgan fingerprint density at radius 1 is 0.875 bits per heavy atom. The highest BCUT2D eigenvalue weighted by Gasteiger charge is 2.02. The fraction of sp³-hybridized carbons (Fsp3) is 0. The third kappa shape index (κ3) is 4.27. The molecule has 0 aliphatic carbocycles. The molecule has 24 heavy (non-hydrogen) atoms. The first-order valence-electron chi connectivity index (χ1n) is 7.39. The second-order valence-corrected chi connectivity index (χ2v) is 4.90. The van der Waals surface area contributed by atoms with Crippen molar-refractivity contribution in [3.05, 3.63) is 91.0 Å². The summed E-state index contributed by atoms with van der Waals surface area (Å²) in [5, 5.41) is 11.4. The summed E-state index contributed by atoms with van der Waals surface area (Å²) in [4.78, 5) is 11.7. The van der Waals surface area contributed by atoms with Gasteiger partial charge < -0.3 is 9.73 Å². The van der Waals surface area contributed by atoms with Crippen LogP contribution in [0.25, 0.3) is 0 Å². The van der Waals surface area contributed by atoms with Gasteiger partial charge in [-0.25, -0.2) is 0 Å². The Kier molecular flexibility index (Phi) is 4.94. The highest BCUT2D eigenvalue weighted by Crippen LogP contribution is 2.20. The predicted molar refractivity (Wildman–Crippen MR) is 92.9 cm³/mol. The normalized spacial score (nSPS) is 11.2. The molecule has 0 unspecified atom stereocenters. The SMILES string of the molecule is O=C(/C=C/Nc1ccc(N=Nc2ccccc2)cc1)c1ccco1. The van der Waals surface area contributed by atoms with Gasteiger partial charge in [-0.05, 0) is 48.5 Å². The number of hydrogen-bond donors (Lipinski definition) is 1. The molecule has 0 saturated heterocycles. The van der Waals surface area contributed by atoms with Crippen LogP contribution in [0, 0.1) is 0 Å². The van der Waals surface area contributed by atoms with Crippen molar-refractivity contribution < 1.29 is 9.21 Å². The quantitative estimate of drug-likeness (QED) is 0.370. The minimum absolute atomic E-state index is 0.194. The smallest absolute Gasteiger partial charge is 0.222 e. The monoisotopic (exact) mass is 317 g/mol. The third-order valence-corrected chi connectivity index (χ3v) is 3.15. The number of ketones is 1. The number of hydrogen-bond acceptors (Lipinski definition) is 5. The second-order valence-electron chi connectivity index (χ2n) is 4.90. The lowest BCUT2D eigenvalue weighted by Crippen LogP contribution is -1.94. The van der Waals surface area contributed by atoms with Crippen LogP contribution in [0.5, 0.6) is 0 Å². The molecule has 0 saturated carbocycles. The molecule has 3 rings (SSSR count). The maximum atomic E-state index is 11.7. The number of allylic oxidation sites excluding steroid dienone is 1. The van der Waals surface area contributed by atoms with E-state index in [2.05, 4.69) is 15.5 Å². The second kappa shape index (κ2) is 7.69. The average molecular weight is 317 g/mol. The number of anilines is 1. The van der Waals surface area contributed by atoms with Gasteiger partial charge in [-0.2, -0.15) is 10.2 Å². The Labute approximate surface area is 139 Å². The highest BCUT2D eigenvalue weighted by atomic mass is 16.3. The van der Waals surface area contributed by atoms with Gasteiger partial charge in [0.15, 0.2) is 5.76 Å². The largest absolute Gasteiger partial charge is 0.461 e. The first-order valence-corrected chi connectivity index (χ1v) is 7.39. The molecule has 0 amide bonds. The minimum Gasteiger partial charge on any atom is -0.461 e. The summed E-state index contributed by atoms with van der Waals surface area (Å²) in [7, 11) is 0. The van der Waals surface area contributed by atoms with Gasteiger partial charge in [0.1, 0.15) is 0 Å². The molecule has 0 atom stereocenters. The summed E-state index contributed by atoms with van der Waals surface area (Å²) < 4.78 is 5.03. The van der Waals surface area contributed by atoms with Crippen molar-refractivity contribution in [2.75, 3.05) is 5.32 Å². The molecular weight excluding hydrogens is 302 g/mol. The lowest BCUT2D eigenvalue weighted by molar-refractivity contribution is 0.102. The van der Waals surface area contributed by atoms with E-state index in [0.717, 1.165) is 17.1 Å². The van der Waals surface area contributed by atoms with Gasteiger partial charge in [-0.1, -0.05) is 18.2 Å². The summed E-state index contributed by atoms with van der Waals surface area (Å²) in [6.07, 6.45) is 4.46. The van der Waals surface area contributed by atoms with Crippen LogP contribution in [0.4, 0.5) is 17.1 Å². The van der Waals surface area contributed by atoms with E-state index in [1.807, 2.05) is 54.6 Å². The van der Waals surface area contributed by atoms with Crippen molar-refractivity contribution >= 4 is 22.8 Å². The molecule has 118 valence electrons. The maximum Gasteiger partial charge on any atom is 0.222 e. The van der Waals surface area contributed by atoms with Crippen molar-refractivity contribution in [2.24, 2.45) is 10.2 Å². The average Bonchev–Trinajstić information content (AvgIpc) is 3.17. The Morgan fingerprint density at radius 3 is 2.25 bits per heavy atom. The maximum absolute atomic E-state index is 11.7. The zero-order chi connectivity index (χ0) is 16.6. The fourth-order valence-electron chi connectivity index (χ4n) is 1.95. The number of rotatable bonds is 6. The molecule has 0 spiro atoms. The summed E-state index contributed by atoms with van der Waals surface area (Å²) in [5.41, 5.74) is 2.40. The Balaban J connectivity index is 1.57. The van der Waals surface area contributed by atoms with Gasteiger partial charge in [0.2, 0.25) is 5.78 Å². The Hall–Kier alpha value is -3.47. The molecule has 1 aromatic heterocycles. The summed E-state index contributed by atoms with van der Waals surface area (Å²) in [6.45, 7) is 0. The molecule has 1 heterocycles. The lowest BCUT2D eigenvalue weighted by Gasteiger charge is -2.00. The van der Waals surface area contributed by atoms with Crippen molar-refractivity contribution in [3.63, 3.8) is 0 Å². The highest BCUT2D eigenvalue weighted by molar-refractivity contribution is 6.02. The number of furan rings is 1. The molecule has 0 radical (unpaired) electrons. The van der Waals surface area contributed by atoms with E-state index < -0.39 is 0 Å². The van der Waals surface area contributed by atoms with Crippen LogP contribution < -0.4 is 5.32 Å². The third-order valence-electron chi connectivity index (χ3n) is 3.15. The molecule has 5 nitrogen and oxygen atoms in total. The number of azo groups is 1. The molecule has 0 aliphatic heterocycles. The number of nitrogens with one attached hydrogen (secondary N) is 1. The van der Waals surface area contributed by atoms with E-state index in [9.17, 15) is 4.79 Å². The van der Waals surface area contributed by atoms with E-state index >= 15 is 0 Å². The van der Waals surface area contributed by atoms with Crippen LogP contribution in [-0.4, -0.2) is 5.78 Å². The molecule has 3 aromatic rings. The van der Waals surface area contributed by atoms with Gasteiger partial charge in [0.25, 0.3) is 0 Å². The van der Waals surface area contributed by atoms with Crippen LogP contribution in [0.15, 0.2) is 99.9 Å². The number of benzene rings is 2. The van der Waals surface area contributed by atoms with Crippen LogP contribution >= 0.6 is 0 Å². The minimum atomic E-state index is -0.194. The van der Waals surface area contributed by atoms with Gasteiger partial charge in [-0.15, -0.1) is 0 Å². The van der Waals surface area contributed by atoms with Crippen LogP contribution in [0.2, 0.25) is 0 Å². The van der Waals surface area contributed by atoms with Crippen molar-refractivity contribution in [1.29, 1.82) is 0 Å². The molecule has 0 bridgehead atoms. The first kappa shape index (κ1) is 15.4. The van der Waals surface area contributed by atoms with E-state index in [0.29, 0.717) is 5.76 Å². The standard InChI is InChI=1S/C19H15N3O2/c23-18(19-7-4-14-24-19)12-13-20-15-8-10-17(11-9-15)22-21-16-5-2-1-3-6-16/h1-14,20H/b13-12+,22-21?. The summed E-state index contributed by atoms with van der Waals surface area (Å²) in [6, 6.07) is 20.3. The fourth-order valence-corrected chi connectivity index (χ4v) is 1.95. The van der Waals surface area contributed by atoms with Gasteiger partial charge in [-0.3, -0.25) is 4.79 Å². The van der Waals surface area contributed by atoms with Gasteiger partial charge in [0, 0.05) is 18.0 Å². The predicted octanol–water partition coefficient (Wildman–Crippen LogP) is 5.50.